The second-order valence-corrected chi connectivity index (χ2v) is 3.79. The molecule has 2 atom stereocenters. The van der Waals surface area contributed by atoms with Crippen molar-refractivity contribution < 1.29 is 9.90 Å². The number of anilines is 1. The van der Waals surface area contributed by atoms with E-state index in [1.165, 1.54) is 0 Å². The van der Waals surface area contributed by atoms with Crippen molar-refractivity contribution in [3.8, 4) is 0 Å². The van der Waals surface area contributed by atoms with Gasteiger partial charge in [-0.05, 0) is 18.4 Å². The third kappa shape index (κ3) is 1.77. The molecule has 80 valence electrons. The molecule has 5 heteroatoms. The lowest BCUT2D eigenvalue weighted by molar-refractivity contribution is -0.139. The number of hydrogen-bond acceptors (Lipinski definition) is 4. The lowest BCUT2D eigenvalue weighted by Crippen LogP contribution is -2.39. The van der Waals surface area contributed by atoms with Gasteiger partial charge in [0.25, 0.3) is 0 Å². The van der Waals surface area contributed by atoms with E-state index in [0.717, 1.165) is 6.42 Å². The molecule has 2 heterocycles. The van der Waals surface area contributed by atoms with Gasteiger partial charge in [0.2, 0.25) is 5.95 Å². The monoisotopic (exact) mass is 207 g/mol. The topological polar surface area (TPSA) is 66.3 Å². The molecular weight excluding hydrogens is 194 g/mol. The molecule has 0 bridgehead atoms. The number of rotatable bonds is 2. The van der Waals surface area contributed by atoms with Crippen molar-refractivity contribution in [3.05, 3.63) is 18.5 Å². The minimum absolute atomic E-state index is 0.145. The van der Waals surface area contributed by atoms with Gasteiger partial charge in [0.05, 0.1) is 0 Å². The number of hydrogen-bond donors (Lipinski definition) is 1. The van der Waals surface area contributed by atoms with Crippen LogP contribution in [0.1, 0.15) is 13.3 Å². The minimum Gasteiger partial charge on any atom is -0.480 e. The maximum atomic E-state index is 11.1. The van der Waals surface area contributed by atoms with Crippen LogP contribution in [0, 0.1) is 5.92 Å². The second-order valence-electron chi connectivity index (χ2n) is 3.79. The number of nitrogens with zero attached hydrogens (tertiary/aromatic N) is 3. The van der Waals surface area contributed by atoms with Gasteiger partial charge in [0.1, 0.15) is 6.04 Å². The Labute approximate surface area is 87.8 Å². The second kappa shape index (κ2) is 3.84. The SMILES string of the molecule is CC1CCN(c2ncccn2)C1C(=O)O. The molecule has 1 saturated heterocycles. The van der Waals surface area contributed by atoms with E-state index in [9.17, 15) is 4.79 Å². The van der Waals surface area contributed by atoms with Crippen molar-refractivity contribution in [3.63, 3.8) is 0 Å². The van der Waals surface area contributed by atoms with Crippen LogP contribution in [0.15, 0.2) is 18.5 Å². The Hall–Kier alpha value is -1.65. The Balaban J connectivity index is 2.26. The van der Waals surface area contributed by atoms with E-state index < -0.39 is 12.0 Å². The van der Waals surface area contributed by atoms with Crippen LogP contribution in [0.2, 0.25) is 0 Å². The summed E-state index contributed by atoms with van der Waals surface area (Å²) < 4.78 is 0. The van der Waals surface area contributed by atoms with Crippen LogP contribution < -0.4 is 4.90 Å². The highest BCUT2D eigenvalue weighted by atomic mass is 16.4. The normalized spacial score (nSPS) is 25.5. The molecule has 1 N–H and O–H groups in total. The molecule has 0 saturated carbocycles. The minimum atomic E-state index is -0.799. The summed E-state index contributed by atoms with van der Waals surface area (Å²) in [6.07, 6.45) is 4.13. The lowest BCUT2D eigenvalue weighted by atomic mass is 10.0. The highest BCUT2D eigenvalue weighted by molar-refractivity contribution is 5.78. The highest BCUT2D eigenvalue weighted by Crippen LogP contribution is 2.26. The van der Waals surface area contributed by atoms with E-state index in [1.807, 2.05) is 6.92 Å². The molecule has 2 rings (SSSR count). The van der Waals surface area contributed by atoms with Gasteiger partial charge in [0, 0.05) is 18.9 Å². The molecule has 0 spiro atoms. The summed E-state index contributed by atoms with van der Waals surface area (Å²) in [5, 5.41) is 9.12. The Morgan fingerprint density at radius 3 is 2.80 bits per heavy atom. The van der Waals surface area contributed by atoms with Gasteiger partial charge in [-0.25, -0.2) is 14.8 Å². The van der Waals surface area contributed by atoms with Gasteiger partial charge in [-0.3, -0.25) is 0 Å². The van der Waals surface area contributed by atoms with Crippen molar-refractivity contribution in [2.24, 2.45) is 5.92 Å². The van der Waals surface area contributed by atoms with Crippen molar-refractivity contribution in [2.75, 3.05) is 11.4 Å². The van der Waals surface area contributed by atoms with Crippen LogP contribution in [0.4, 0.5) is 5.95 Å². The summed E-state index contributed by atoms with van der Waals surface area (Å²) in [4.78, 5) is 21.0. The predicted octanol–water partition coefficient (Wildman–Crippen LogP) is 0.776. The van der Waals surface area contributed by atoms with Crippen molar-refractivity contribution in [2.45, 2.75) is 19.4 Å². The van der Waals surface area contributed by atoms with Crippen LogP contribution in [-0.4, -0.2) is 33.6 Å². The van der Waals surface area contributed by atoms with Gasteiger partial charge >= 0.3 is 5.97 Å². The number of carboxylic acids is 1. The van der Waals surface area contributed by atoms with Crippen LogP contribution in [0.5, 0.6) is 0 Å². The fraction of sp³-hybridized carbons (Fsp3) is 0.500. The fourth-order valence-corrected chi connectivity index (χ4v) is 1.99. The van der Waals surface area contributed by atoms with Gasteiger partial charge in [-0.2, -0.15) is 0 Å². The first-order valence-corrected chi connectivity index (χ1v) is 4.96. The Bertz CT molecular complexity index is 355. The van der Waals surface area contributed by atoms with Crippen LogP contribution in [-0.2, 0) is 4.79 Å². The molecule has 1 aromatic heterocycles. The molecule has 0 aromatic carbocycles. The number of carboxylic acid groups (broad SMARTS) is 1. The van der Waals surface area contributed by atoms with E-state index >= 15 is 0 Å². The van der Waals surface area contributed by atoms with E-state index in [-0.39, 0.29) is 5.92 Å². The average Bonchev–Trinajstić information content (AvgIpc) is 2.61. The van der Waals surface area contributed by atoms with E-state index in [0.29, 0.717) is 12.5 Å². The van der Waals surface area contributed by atoms with Crippen LogP contribution in [0.3, 0.4) is 0 Å². The predicted molar refractivity (Wildman–Crippen MR) is 54.6 cm³/mol. The van der Waals surface area contributed by atoms with Gasteiger partial charge in [-0.1, -0.05) is 6.92 Å². The molecule has 0 amide bonds. The Kier molecular flexibility index (Phi) is 2.53. The summed E-state index contributed by atoms with van der Waals surface area (Å²) in [6.45, 7) is 2.66. The lowest BCUT2D eigenvalue weighted by Gasteiger charge is -2.22. The van der Waals surface area contributed by atoms with E-state index in [1.54, 1.807) is 23.4 Å². The molecule has 15 heavy (non-hydrogen) atoms. The number of carbonyl (C=O) groups is 1. The summed E-state index contributed by atoms with van der Waals surface area (Å²) in [5.41, 5.74) is 0. The first kappa shape index (κ1) is 9.89. The first-order chi connectivity index (χ1) is 7.20. The van der Waals surface area contributed by atoms with Crippen LogP contribution >= 0.6 is 0 Å². The molecule has 1 aromatic rings. The molecule has 2 unspecified atom stereocenters. The van der Waals surface area contributed by atoms with Gasteiger partial charge in [-0.15, -0.1) is 0 Å². The molecule has 1 aliphatic heterocycles. The average molecular weight is 207 g/mol. The molecule has 0 radical (unpaired) electrons. The summed E-state index contributed by atoms with van der Waals surface area (Å²) in [5.74, 6) is -0.145. The maximum absolute atomic E-state index is 11.1. The summed E-state index contributed by atoms with van der Waals surface area (Å²) >= 11 is 0. The zero-order valence-corrected chi connectivity index (χ0v) is 8.50. The Morgan fingerprint density at radius 1 is 1.53 bits per heavy atom. The molecular formula is C10H13N3O2. The summed E-state index contributed by atoms with van der Waals surface area (Å²) in [7, 11) is 0. The quantitative estimate of drug-likeness (QED) is 0.776. The standard InChI is InChI=1S/C10H13N3O2/c1-7-3-6-13(8(7)9(14)15)10-11-4-2-5-12-10/h2,4-5,7-8H,3,6H2,1H3,(H,14,15). The fourth-order valence-electron chi connectivity index (χ4n) is 1.99. The smallest absolute Gasteiger partial charge is 0.326 e. The van der Waals surface area contributed by atoms with E-state index in [4.69, 9.17) is 5.11 Å². The van der Waals surface area contributed by atoms with E-state index in [2.05, 4.69) is 9.97 Å². The highest BCUT2D eigenvalue weighted by Gasteiger charge is 2.37. The maximum Gasteiger partial charge on any atom is 0.326 e. The van der Waals surface area contributed by atoms with Gasteiger partial charge in [0.15, 0.2) is 0 Å². The molecule has 0 aliphatic carbocycles. The van der Waals surface area contributed by atoms with Crippen molar-refractivity contribution in [1.82, 2.24) is 9.97 Å². The Morgan fingerprint density at radius 2 is 2.20 bits per heavy atom. The third-order valence-corrected chi connectivity index (χ3v) is 2.76. The first-order valence-electron chi connectivity index (χ1n) is 4.96. The zero-order valence-electron chi connectivity index (χ0n) is 8.50. The zero-order chi connectivity index (χ0) is 10.8. The summed E-state index contributed by atoms with van der Waals surface area (Å²) in [6, 6.07) is 1.23. The van der Waals surface area contributed by atoms with Crippen molar-refractivity contribution in [1.29, 1.82) is 0 Å². The molecule has 1 fully saturated rings. The number of aromatic nitrogens is 2. The molecule has 1 aliphatic rings. The third-order valence-electron chi connectivity index (χ3n) is 2.76. The van der Waals surface area contributed by atoms with Gasteiger partial charge < -0.3 is 10.0 Å². The molecule has 5 nitrogen and oxygen atoms in total. The number of aliphatic carboxylic acids is 1. The largest absolute Gasteiger partial charge is 0.480 e. The van der Waals surface area contributed by atoms with Crippen LogP contribution in [0.25, 0.3) is 0 Å². The van der Waals surface area contributed by atoms with Crippen molar-refractivity contribution >= 4 is 11.9 Å².